The van der Waals surface area contributed by atoms with E-state index in [0.29, 0.717) is 5.69 Å². The molecule has 6 nitrogen and oxygen atoms in total. The minimum atomic E-state index is -0.458. The molecule has 1 amide bonds. The van der Waals surface area contributed by atoms with E-state index >= 15 is 0 Å². The average molecular weight is 327 g/mol. The number of nitro benzene ring substituents is 1. The molecule has 2 aromatic rings. The number of carbonyl (C=O) groups is 1. The third-order valence-corrected chi connectivity index (χ3v) is 3.59. The van der Waals surface area contributed by atoms with Crippen molar-refractivity contribution in [2.75, 3.05) is 17.2 Å². The molecule has 0 saturated heterocycles. The highest BCUT2D eigenvalue weighted by molar-refractivity contribution is 5.93. The SMILES string of the molecule is CCCCc1ccc(NC(=O)CNc2ccc([N+](=O)[O-])cc2)cc1. The Morgan fingerprint density at radius 1 is 1.04 bits per heavy atom. The van der Waals surface area contributed by atoms with Gasteiger partial charge in [0.25, 0.3) is 5.69 Å². The van der Waals surface area contributed by atoms with Gasteiger partial charge in [-0.15, -0.1) is 0 Å². The third-order valence-electron chi connectivity index (χ3n) is 3.59. The molecule has 0 aliphatic heterocycles. The molecule has 0 saturated carbocycles. The van der Waals surface area contributed by atoms with E-state index in [2.05, 4.69) is 17.6 Å². The van der Waals surface area contributed by atoms with Crippen LogP contribution in [0.15, 0.2) is 48.5 Å². The van der Waals surface area contributed by atoms with Gasteiger partial charge in [0.05, 0.1) is 11.5 Å². The van der Waals surface area contributed by atoms with Crippen LogP contribution in [0.25, 0.3) is 0 Å². The standard InChI is InChI=1S/C18H21N3O3/c1-2-3-4-14-5-7-16(8-6-14)20-18(22)13-19-15-9-11-17(12-10-15)21(23)24/h5-12,19H,2-4,13H2,1H3,(H,20,22). The summed E-state index contributed by atoms with van der Waals surface area (Å²) in [6.45, 7) is 2.25. The van der Waals surface area contributed by atoms with Crippen LogP contribution in [0.2, 0.25) is 0 Å². The highest BCUT2D eigenvalue weighted by Crippen LogP contribution is 2.15. The zero-order valence-electron chi connectivity index (χ0n) is 13.6. The number of carbonyl (C=O) groups excluding carboxylic acids is 1. The number of nitrogens with zero attached hydrogens (tertiary/aromatic N) is 1. The van der Waals surface area contributed by atoms with Crippen molar-refractivity contribution in [2.24, 2.45) is 0 Å². The summed E-state index contributed by atoms with van der Waals surface area (Å²) >= 11 is 0. The lowest BCUT2D eigenvalue weighted by molar-refractivity contribution is -0.384. The maximum atomic E-state index is 11.9. The van der Waals surface area contributed by atoms with Crippen LogP contribution in [0.3, 0.4) is 0 Å². The summed E-state index contributed by atoms with van der Waals surface area (Å²) in [5, 5.41) is 16.3. The molecular formula is C18H21N3O3. The quantitative estimate of drug-likeness (QED) is 0.567. The normalized spacial score (nSPS) is 10.2. The molecule has 0 fully saturated rings. The number of unbranched alkanes of at least 4 members (excludes halogenated alkanes) is 1. The Bertz CT molecular complexity index is 682. The second-order valence-electron chi connectivity index (χ2n) is 5.51. The zero-order chi connectivity index (χ0) is 17.4. The monoisotopic (exact) mass is 327 g/mol. The van der Waals surface area contributed by atoms with Crippen LogP contribution < -0.4 is 10.6 Å². The summed E-state index contributed by atoms with van der Waals surface area (Å²) in [6.07, 6.45) is 3.37. The van der Waals surface area contributed by atoms with Gasteiger partial charge in [-0.3, -0.25) is 14.9 Å². The van der Waals surface area contributed by atoms with Crippen molar-refractivity contribution in [2.45, 2.75) is 26.2 Å². The highest BCUT2D eigenvalue weighted by atomic mass is 16.6. The fraction of sp³-hybridized carbons (Fsp3) is 0.278. The van der Waals surface area contributed by atoms with E-state index in [9.17, 15) is 14.9 Å². The highest BCUT2D eigenvalue weighted by Gasteiger charge is 2.06. The molecule has 0 spiro atoms. The third kappa shape index (κ3) is 5.39. The first-order valence-corrected chi connectivity index (χ1v) is 7.95. The van der Waals surface area contributed by atoms with Crippen molar-refractivity contribution in [3.8, 4) is 0 Å². The minimum Gasteiger partial charge on any atom is -0.376 e. The first-order chi connectivity index (χ1) is 11.6. The van der Waals surface area contributed by atoms with Gasteiger partial charge in [0, 0.05) is 23.5 Å². The Morgan fingerprint density at radius 2 is 1.67 bits per heavy atom. The second-order valence-corrected chi connectivity index (χ2v) is 5.51. The number of non-ortho nitro benzene ring substituents is 1. The van der Waals surface area contributed by atoms with Gasteiger partial charge in [-0.05, 0) is 42.7 Å². The van der Waals surface area contributed by atoms with Crippen molar-refractivity contribution in [1.29, 1.82) is 0 Å². The predicted octanol–water partition coefficient (Wildman–Crippen LogP) is 3.99. The van der Waals surface area contributed by atoms with Gasteiger partial charge in [-0.1, -0.05) is 25.5 Å². The maximum absolute atomic E-state index is 11.9. The van der Waals surface area contributed by atoms with Crippen LogP contribution in [-0.2, 0) is 11.2 Å². The lowest BCUT2D eigenvalue weighted by Gasteiger charge is -2.08. The van der Waals surface area contributed by atoms with Gasteiger partial charge < -0.3 is 10.6 Å². The molecule has 0 atom stereocenters. The lowest BCUT2D eigenvalue weighted by atomic mass is 10.1. The molecule has 0 unspecified atom stereocenters. The number of hydrogen-bond donors (Lipinski definition) is 2. The van der Waals surface area contributed by atoms with Crippen LogP contribution in [0.1, 0.15) is 25.3 Å². The number of aryl methyl sites for hydroxylation is 1. The first kappa shape index (κ1) is 17.5. The van der Waals surface area contributed by atoms with Gasteiger partial charge in [0.15, 0.2) is 0 Å². The van der Waals surface area contributed by atoms with E-state index in [4.69, 9.17) is 0 Å². The van der Waals surface area contributed by atoms with Crippen molar-refractivity contribution < 1.29 is 9.72 Å². The number of anilines is 2. The molecule has 24 heavy (non-hydrogen) atoms. The molecule has 0 bridgehead atoms. The van der Waals surface area contributed by atoms with Crippen molar-refractivity contribution in [3.05, 3.63) is 64.2 Å². The summed E-state index contributed by atoms with van der Waals surface area (Å²) in [5.74, 6) is -0.172. The second kappa shape index (κ2) is 8.67. The smallest absolute Gasteiger partial charge is 0.269 e. The molecule has 0 aliphatic rings. The molecular weight excluding hydrogens is 306 g/mol. The van der Waals surface area contributed by atoms with Crippen molar-refractivity contribution in [3.63, 3.8) is 0 Å². The fourth-order valence-corrected chi connectivity index (χ4v) is 2.22. The van der Waals surface area contributed by atoms with Gasteiger partial charge in [-0.25, -0.2) is 0 Å². The Balaban J connectivity index is 1.81. The number of hydrogen-bond acceptors (Lipinski definition) is 4. The van der Waals surface area contributed by atoms with Gasteiger partial charge in [-0.2, -0.15) is 0 Å². The number of rotatable bonds is 8. The molecule has 0 heterocycles. The molecule has 0 aromatic heterocycles. The maximum Gasteiger partial charge on any atom is 0.269 e. The van der Waals surface area contributed by atoms with Crippen molar-refractivity contribution >= 4 is 23.0 Å². The van der Waals surface area contributed by atoms with Crippen LogP contribution >= 0.6 is 0 Å². The van der Waals surface area contributed by atoms with E-state index in [0.717, 1.165) is 24.9 Å². The predicted molar refractivity (Wildman–Crippen MR) is 95.3 cm³/mol. The molecule has 2 aromatic carbocycles. The molecule has 2 rings (SSSR count). The topological polar surface area (TPSA) is 84.3 Å². The van der Waals surface area contributed by atoms with Crippen LogP contribution in [-0.4, -0.2) is 17.4 Å². The van der Waals surface area contributed by atoms with Crippen molar-refractivity contribution in [1.82, 2.24) is 0 Å². The molecule has 0 aliphatic carbocycles. The summed E-state index contributed by atoms with van der Waals surface area (Å²) in [5.41, 5.74) is 2.70. The summed E-state index contributed by atoms with van der Waals surface area (Å²) < 4.78 is 0. The van der Waals surface area contributed by atoms with Gasteiger partial charge in [0.1, 0.15) is 0 Å². The average Bonchev–Trinajstić information content (AvgIpc) is 2.59. The van der Waals surface area contributed by atoms with E-state index in [1.807, 2.05) is 24.3 Å². The van der Waals surface area contributed by atoms with Gasteiger partial charge >= 0.3 is 0 Å². The minimum absolute atomic E-state index is 0.0214. The van der Waals surface area contributed by atoms with Gasteiger partial charge in [0.2, 0.25) is 5.91 Å². The Labute approximate surface area is 141 Å². The lowest BCUT2D eigenvalue weighted by Crippen LogP contribution is -2.21. The summed E-state index contributed by atoms with van der Waals surface area (Å²) in [6, 6.07) is 13.8. The fourth-order valence-electron chi connectivity index (χ4n) is 2.22. The number of amides is 1. The van der Waals surface area contributed by atoms with E-state index in [1.165, 1.54) is 17.7 Å². The summed E-state index contributed by atoms with van der Waals surface area (Å²) in [4.78, 5) is 22.1. The Kier molecular flexibility index (Phi) is 6.31. The van der Waals surface area contributed by atoms with E-state index in [1.54, 1.807) is 12.1 Å². The Morgan fingerprint density at radius 3 is 2.25 bits per heavy atom. The van der Waals surface area contributed by atoms with E-state index < -0.39 is 4.92 Å². The number of nitro groups is 1. The molecule has 6 heteroatoms. The Hall–Kier alpha value is -2.89. The largest absolute Gasteiger partial charge is 0.376 e. The molecule has 2 N–H and O–H groups in total. The molecule has 126 valence electrons. The first-order valence-electron chi connectivity index (χ1n) is 7.95. The summed E-state index contributed by atoms with van der Waals surface area (Å²) in [7, 11) is 0. The van der Waals surface area contributed by atoms with Crippen LogP contribution in [0.5, 0.6) is 0 Å². The van der Waals surface area contributed by atoms with E-state index in [-0.39, 0.29) is 18.1 Å². The molecule has 0 radical (unpaired) electrons. The van der Waals surface area contributed by atoms with Crippen LogP contribution in [0, 0.1) is 10.1 Å². The van der Waals surface area contributed by atoms with Crippen LogP contribution in [0.4, 0.5) is 17.1 Å². The number of nitrogens with one attached hydrogen (secondary N) is 2. The number of benzene rings is 2. The zero-order valence-corrected chi connectivity index (χ0v) is 13.6.